The van der Waals surface area contributed by atoms with Crippen LogP contribution in [0.1, 0.15) is 18.9 Å². The molecule has 1 unspecified atom stereocenters. The van der Waals surface area contributed by atoms with Crippen molar-refractivity contribution in [3.8, 4) is 5.75 Å². The molecule has 0 bridgehead atoms. The number of hydrogen-bond donors (Lipinski definition) is 1. The third-order valence-corrected chi connectivity index (χ3v) is 3.31. The lowest BCUT2D eigenvalue weighted by atomic mass is 10.1. The highest BCUT2D eigenvalue weighted by Crippen LogP contribution is 2.12. The number of hydrogen-bond acceptors (Lipinski definition) is 3. The van der Waals surface area contributed by atoms with Crippen LogP contribution in [0.3, 0.4) is 0 Å². The minimum absolute atomic E-state index is 0.0278. The average molecular weight is 276 g/mol. The molecule has 1 aromatic carbocycles. The van der Waals surface area contributed by atoms with Crippen molar-refractivity contribution in [3.63, 3.8) is 0 Å². The molecule has 1 aromatic rings. The summed E-state index contributed by atoms with van der Waals surface area (Å²) in [7, 11) is 0. The van der Waals surface area contributed by atoms with Crippen LogP contribution in [0.2, 0.25) is 0 Å². The highest BCUT2D eigenvalue weighted by atomic mass is 16.5. The summed E-state index contributed by atoms with van der Waals surface area (Å²) in [6.45, 7) is 4.81. The molecule has 0 saturated carbocycles. The second-order valence-electron chi connectivity index (χ2n) is 4.95. The fourth-order valence-electron chi connectivity index (χ4n) is 2.22. The molecule has 1 fully saturated rings. The Morgan fingerprint density at radius 2 is 2.20 bits per heavy atom. The third kappa shape index (κ3) is 3.50. The van der Waals surface area contributed by atoms with E-state index in [-0.39, 0.29) is 18.4 Å². The first-order chi connectivity index (χ1) is 9.60. The largest absolute Gasteiger partial charge is 0.492 e. The van der Waals surface area contributed by atoms with E-state index < -0.39 is 6.04 Å². The van der Waals surface area contributed by atoms with Crippen molar-refractivity contribution in [1.29, 1.82) is 0 Å². The van der Waals surface area contributed by atoms with Gasteiger partial charge in [-0.1, -0.05) is 19.1 Å². The quantitative estimate of drug-likeness (QED) is 0.876. The van der Waals surface area contributed by atoms with E-state index in [4.69, 9.17) is 4.74 Å². The fraction of sp³-hybridized carbons (Fsp3) is 0.467. The number of nitrogens with zero attached hydrogens (tertiary/aromatic N) is 1. The highest BCUT2D eigenvalue weighted by molar-refractivity contribution is 5.94. The summed E-state index contributed by atoms with van der Waals surface area (Å²) in [6.07, 6.45) is 0.611. The Morgan fingerprint density at radius 3 is 2.90 bits per heavy atom. The summed E-state index contributed by atoms with van der Waals surface area (Å²) in [5.41, 5.74) is 1.13. The first-order valence-corrected chi connectivity index (χ1v) is 6.87. The van der Waals surface area contributed by atoms with E-state index in [0.717, 1.165) is 11.3 Å². The lowest BCUT2D eigenvalue weighted by Gasteiger charge is -2.31. The zero-order valence-corrected chi connectivity index (χ0v) is 11.9. The molecule has 0 aromatic heterocycles. The summed E-state index contributed by atoms with van der Waals surface area (Å²) in [4.78, 5) is 25.1. The van der Waals surface area contributed by atoms with Crippen LogP contribution in [0.15, 0.2) is 24.3 Å². The summed E-state index contributed by atoms with van der Waals surface area (Å²) in [6, 6.07) is 7.36. The van der Waals surface area contributed by atoms with Crippen LogP contribution in [0, 0.1) is 6.92 Å². The molecule has 1 aliphatic heterocycles. The Balaban J connectivity index is 1.86. The molecule has 5 heteroatoms. The van der Waals surface area contributed by atoms with Gasteiger partial charge in [-0.25, -0.2) is 0 Å². The molecule has 1 N–H and O–H groups in total. The number of rotatable bonds is 5. The zero-order valence-electron chi connectivity index (χ0n) is 11.9. The van der Waals surface area contributed by atoms with Gasteiger partial charge in [-0.2, -0.15) is 0 Å². The van der Waals surface area contributed by atoms with E-state index in [1.165, 1.54) is 0 Å². The van der Waals surface area contributed by atoms with Gasteiger partial charge in [-0.15, -0.1) is 0 Å². The molecule has 1 heterocycles. The van der Waals surface area contributed by atoms with Crippen LogP contribution in [-0.2, 0) is 9.59 Å². The number of amides is 2. The monoisotopic (exact) mass is 276 g/mol. The Bertz CT molecular complexity index is 502. The van der Waals surface area contributed by atoms with E-state index in [1.54, 1.807) is 4.90 Å². The molecule has 1 atom stereocenters. The minimum atomic E-state index is -0.393. The van der Waals surface area contributed by atoms with Crippen molar-refractivity contribution in [3.05, 3.63) is 29.8 Å². The van der Waals surface area contributed by atoms with Crippen LogP contribution in [0.5, 0.6) is 5.75 Å². The number of benzene rings is 1. The average Bonchev–Trinajstić information content (AvgIpc) is 2.42. The molecule has 0 radical (unpaired) electrons. The van der Waals surface area contributed by atoms with Gasteiger partial charge in [-0.3, -0.25) is 9.59 Å². The van der Waals surface area contributed by atoms with Gasteiger partial charge in [0.05, 0.1) is 13.1 Å². The molecular weight excluding hydrogens is 256 g/mol. The first kappa shape index (κ1) is 14.4. The predicted octanol–water partition coefficient (Wildman–Crippen LogP) is 1.11. The van der Waals surface area contributed by atoms with E-state index in [2.05, 4.69) is 5.32 Å². The Kier molecular flexibility index (Phi) is 4.61. The molecule has 108 valence electrons. The second-order valence-corrected chi connectivity index (χ2v) is 4.95. The number of carbonyl (C=O) groups is 2. The predicted molar refractivity (Wildman–Crippen MR) is 75.5 cm³/mol. The first-order valence-electron chi connectivity index (χ1n) is 6.87. The van der Waals surface area contributed by atoms with Crippen LogP contribution < -0.4 is 10.1 Å². The molecule has 5 nitrogen and oxygen atoms in total. The standard InChI is InChI=1S/C15H20N2O3/c1-3-13-15(19)17(10-14(18)16-13)7-8-20-12-6-4-5-11(2)9-12/h4-6,9,13H,3,7-8,10H2,1-2H3,(H,16,18). The summed E-state index contributed by atoms with van der Waals surface area (Å²) < 4.78 is 5.62. The van der Waals surface area contributed by atoms with Crippen molar-refractivity contribution in [2.24, 2.45) is 0 Å². The second kappa shape index (κ2) is 6.41. The molecule has 0 spiro atoms. The Morgan fingerprint density at radius 1 is 1.40 bits per heavy atom. The van der Waals surface area contributed by atoms with Gasteiger partial charge >= 0.3 is 0 Å². The number of nitrogens with one attached hydrogen (secondary N) is 1. The van der Waals surface area contributed by atoms with Gasteiger partial charge in [0.25, 0.3) is 0 Å². The van der Waals surface area contributed by atoms with Gasteiger partial charge in [0.2, 0.25) is 11.8 Å². The van der Waals surface area contributed by atoms with Crippen molar-refractivity contribution in [2.75, 3.05) is 19.7 Å². The molecule has 1 saturated heterocycles. The lowest BCUT2D eigenvalue weighted by molar-refractivity contribution is -0.144. The van der Waals surface area contributed by atoms with Crippen molar-refractivity contribution in [2.45, 2.75) is 26.3 Å². The number of ether oxygens (including phenoxy) is 1. The van der Waals surface area contributed by atoms with Crippen molar-refractivity contribution in [1.82, 2.24) is 10.2 Å². The smallest absolute Gasteiger partial charge is 0.245 e. The van der Waals surface area contributed by atoms with Gasteiger partial charge < -0.3 is 15.0 Å². The fourth-order valence-corrected chi connectivity index (χ4v) is 2.22. The van der Waals surface area contributed by atoms with Gasteiger partial charge in [0.1, 0.15) is 18.4 Å². The molecule has 2 amide bonds. The lowest BCUT2D eigenvalue weighted by Crippen LogP contribution is -2.58. The molecule has 0 aliphatic carbocycles. The van der Waals surface area contributed by atoms with Crippen LogP contribution in [0.25, 0.3) is 0 Å². The SMILES string of the molecule is CCC1NC(=O)CN(CCOc2cccc(C)c2)C1=O. The summed E-state index contributed by atoms with van der Waals surface area (Å²) in [5, 5.41) is 2.69. The van der Waals surface area contributed by atoms with E-state index >= 15 is 0 Å². The van der Waals surface area contributed by atoms with E-state index in [9.17, 15) is 9.59 Å². The van der Waals surface area contributed by atoms with E-state index in [0.29, 0.717) is 19.6 Å². The number of carbonyl (C=O) groups excluding carboxylic acids is 2. The molecule has 20 heavy (non-hydrogen) atoms. The van der Waals surface area contributed by atoms with E-state index in [1.807, 2.05) is 38.1 Å². The van der Waals surface area contributed by atoms with Crippen LogP contribution >= 0.6 is 0 Å². The van der Waals surface area contributed by atoms with Crippen molar-refractivity contribution < 1.29 is 14.3 Å². The highest BCUT2D eigenvalue weighted by Gasteiger charge is 2.30. The maximum atomic E-state index is 12.1. The minimum Gasteiger partial charge on any atom is -0.492 e. The van der Waals surface area contributed by atoms with Crippen LogP contribution in [-0.4, -0.2) is 42.5 Å². The third-order valence-electron chi connectivity index (χ3n) is 3.31. The van der Waals surface area contributed by atoms with Crippen LogP contribution in [0.4, 0.5) is 0 Å². The molecule has 2 rings (SSSR count). The van der Waals surface area contributed by atoms with Gasteiger partial charge in [0.15, 0.2) is 0 Å². The summed E-state index contributed by atoms with van der Waals surface area (Å²) in [5.74, 6) is 0.651. The van der Waals surface area contributed by atoms with Gasteiger partial charge in [0, 0.05) is 0 Å². The topological polar surface area (TPSA) is 58.6 Å². The van der Waals surface area contributed by atoms with Crippen molar-refractivity contribution >= 4 is 11.8 Å². The normalized spacial score (nSPS) is 18.9. The Labute approximate surface area is 118 Å². The maximum Gasteiger partial charge on any atom is 0.245 e. The zero-order chi connectivity index (χ0) is 14.5. The number of piperazine rings is 1. The Hall–Kier alpha value is -2.04. The molecule has 1 aliphatic rings. The summed E-state index contributed by atoms with van der Waals surface area (Å²) >= 11 is 0. The van der Waals surface area contributed by atoms with Gasteiger partial charge in [-0.05, 0) is 31.0 Å². The molecular formula is C15H20N2O3. The maximum absolute atomic E-state index is 12.1. The number of aryl methyl sites for hydroxylation is 1.